The Kier molecular flexibility index (Phi) is 3.69. The van der Waals surface area contributed by atoms with Crippen LogP contribution < -0.4 is 10.1 Å². The smallest absolute Gasteiger partial charge is 0.130 e. The van der Waals surface area contributed by atoms with E-state index in [0.717, 1.165) is 0 Å². The third kappa shape index (κ3) is 3.20. The van der Waals surface area contributed by atoms with Crippen LogP contribution in [-0.2, 0) is 6.42 Å². The van der Waals surface area contributed by atoms with Gasteiger partial charge in [-0.25, -0.2) is 4.39 Å². The van der Waals surface area contributed by atoms with Crippen molar-refractivity contribution in [1.82, 2.24) is 5.32 Å². The summed E-state index contributed by atoms with van der Waals surface area (Å²) in [7, 11) is 3.41. The Morgan fingerprint density at radius 2 is 2.07 bits per heavy atom. The summed E-state index contributed by atoms with van der Waals surface area (Å²) in [5.41, 5.74) is 0.602. The molecule has 0 saturated carbocycles. The van der Waals surface area contributed by atoms with Gasteiger partial charge in [0.15, 0.2) is 0 Å². The van der Waals surface area contributed by atoms with E-state index in [0.29, 0.717) is 17.7 Å². The molecule has 0 aliphatic heterocycles. The number of rotatable bonds is 4. The van der Waals surface area contributed by atoms with Gasteiger partial charge in [-0.3, -0.25) is 0 Å². The summed E-state index contributed by atoms with van der Waals surface area (Å²) >= 11 is 0. The lowest BCUT2D eigenvalue weighted by molar-refractivity contribution is 0.402. The van der Waals surface area contributed by atoms with Crippen molar-refractivity contribution in [3.05, 3.63) is 29.6 Å². The number of halogens is 1. The van der Waals surface area contributed by atoms with Crippen LogP contribution in [0.3, 0.4) is 0 Å². The number of likely N-dealkylation sites (N-methyl/N-ethyl adjacent to an activating group) is 1. The number of benzene rings is 1. The summed E-state index contributed by atoms with van der Waals surface area (Å²) in [6.45, 7) is 4.08. The third-order valence-electron chi connectivity index (χ3n) is 2.57. The molecule has 0 spiro atoms. The zero-order valence-corrected chi connectivity index (χ0v) is 9.73. The molecule has 0 saturated heterocycles. The fourth-order valence-corrected chi connectivity index (χ4v) is 1.36. The van der Waals surface area contributed by atoms with E-state index >= 15 is 0 Å². The highest BCUT2D eigenvalue weighted by Crippen LogP contribution is 2.20. The topological polar surface area (TPSA) is 21.3 Å². The molecule has 2 nitrogen and oxygen atoms in total. The van der Waals surface area contributed by atoms with Crippen LogP contribution >= 0.6 is 0 Å². The summed E-state index contributed by atoms with van der Waals surface area (Å²) in [6.07, 6.45) is 0.652. The number of methoxy groups -OCH3 is 1. The van der Waals surface area contributed by atoms with Crippen LogP contribution in [0, 0.1) is 5.82 Å². The molecule has 0 aliphatic carbocycles. The number of hydrogen-bond donors (Lipinski definition) is 1. The quantitative estimate of drug-likeness (QED) is 0.825. The van der Waals surface area contributed by atoms with Crippen LogP contribution in [0.4, 0.5) is 4.39 Å². The molecule has 15 heavy (non-hydrogen) atoms. The molecule has 3 heteroatoms. The van der Waals surface area contributed by atoms with Gasteiger partial charge in [0.05, 0.1) is 7.11 Å². The molecule has 0 fully saturated rings. The van der Waals surface area contributed by atoms with E-state index in [9.17, 15) is 4.39 Å². The van der Waals surface area contributed by atoms with E-state index in [4.69, 9.17) is 4.74 Å². The molecule has 1 rings (SSSR count). The lowest BCUT2D eigenvalue weighted by Gasteiger charge is -2.24. The van der Waals surface area contributed by atoms with Crippen LogP contribution in [0.5, 0.6) is 5.75 Å². The maximum Gasteiger partial charge on any atom is 0.130 e. The predicted octanol–water partition coefficient (Wildman–Crippen LogP) is 2.37. The fraction of sp³-hybridized carbons (Fsp3) is 0.500. The highest BCUT2D eigenvalue weighted by atomic mass is 19.1. The molecule has 0 bridgehead atoms. The van der Waals surface area contributed by atoms with Crippen molar-refractivity contribution in [2.24, 2.45) is 0 Å². The first-order valence-electron chi connectivity index (χ1n) is 5.00. The van der Waals surface area contributed by atoms with E-state index in [1.165, 1.54) is 13.2 Å². The maximum absolute atomic E-state index is 13.6. The Balaban J connectivity index is 2.87. The molecule has 0 aliphatic rings. The van der Waals surface area contributed by atoms with Crippen molar-refractivity contribution >= 4 is 0 Å². The van der Waals surface area contributed by atoms with Gasteiger partial charge in [0.25, 0.3) is 0 Å². The normalized spacial score (nSPS) is 11.5. The molecule has 1 N–H and O–H groups in total. The molecule has 0 aromatic heterocycles. The molecule has 0 unspecified atom stereocenters. The first-order valence-corrected chi connectivity index (χ1v) is 5.00. The van der Waals surface area contributed by atoms with Gasteiger partial charge in [0.2, 0.25) is 0 Å². The molecule has 0 amide bonds. The fourth-order valence-electron chi connectivity index (χ4n) is 1.36. The van der Waals surface area contributed by atoms with Crippen molar-refractivity contribution in [3.63, 3.8) is 0 Å². The summed E-state index contributed by atoms with van der Waals surface area (Å²) in [5, 5.41) is 3.15. The van der Waals surface area contributed by atoms with E-state index in [-0.39, 0.29) is 11.4 Å². The third-order valence-corrected chi connectivity index (χ3v) is 2.57. The first-order chi connectivity index (χ1) is 6.98. The summed E-state index contributed by atoms with van der Waals surface area (Å²) in [5.74, 6) is 0.344. The van der Waals surface area contributed by atoms with E-state index < -0.39 is 0 Å². The van der Waals surface area contributed by atoms with Gasteiger partial charge in [-0.2, -0.15) is 0 Å². The summed E-state index contributed by atoms with van der Waals surface area (Å²) < 4.78 is 18.5. The zero-order chi connectivity index (χ0) is 11.5. The van der Waals surface area contributed by atoms with Gasteiger partial charge in [-0.1, -0.05) is 6.07 Å². The molecule has 1 aromatic rings. The summed E-state index contributed by atoms with van der Waals surface area (Å²) in [4.78, 5) is 0. The van der Waals surface area contributed by atoms with Gasteiger partial charge < -0.3 is 10.1 Å². The highest BCUT2D eigenvalue weighted by Gasteiger charge is 2.17. The van der Waals surface area contributed by atoms with Crippen molar-refractivity contribution in [3.8, 4) is 5.75 Å². The van der Waals surface area contributed by atoms with Crippen molar-refractivity contribution < 1.29 is 9.13 Å². The predicted molar refractivity (Wildman–Crippen MR) is 59.8 cm³/mol. The molecule has 0 heterocycles. The number of ether oxygens (including phenoxy) is 1. The highest BCUT2D eigenvalue weighted by molar-refractivity contribution is 5.29. The minimum Gasteiger partial charge on any atom is -0.497 e. The van der Waals surface area contributed by atoms with Gasteiger partial charge in [-0.15, -0.1) is 0 Å². The Bertz CT molecular complexity index is 336. The standard InChI is InChI=1S/C12H18FNO/c1-12(2,14-3)8-9-5-6-10(15-4)7-11(9)13/h5-7,14H,8H2,1-4H3. The van der Waals surface area contributed by atoms with Crippen LogP contribution in [0.25, 0.3) is 0 Å². The SMILES string of the molecule is CNC(C)(C)Cc1ccc(OC)cc1F. The second kappa shape index (κ2) is 4.62. The van der Waals surface area contributed by atoms with Crippen molar-refractivity contribution in [2.75, 3.05) is 14.2 Å². The molecule has 0 atom stereocenters. The second-order valence-electron chi connectivity index (χ2n) is 4.27. The van der Waals surface area contributed by atoms with Crippen molar-refractivity contribution in [1.29, 1.82) is 0 Å². The Labute approximate surface area is 90.4 Å². The monoisotopic (exact) mass is 211 g/mol. The molecular formula is C12H18FNO. The lowest BCUT2D eigenvalue weighted by atomic mass is 9.95. The van der Waals surface area contributed by atoms with Gasteiger partial charge in [0, 0.05) is 11.6 Å². The van der Waals surface area contributed by atoms with Gasteiger partial charge >= 0.3 is 0 Å². The van der Waals surface area contributed by atoms with E-state index in [2.05, 4.69) is 5.32 Å². The van der Waals surface area contributed by atoms with Crippen LogP contribution in [0.15, 0.2) is 18.2 Å². The Morgan fingerprint density at radius 1 is 1.40 bits per heavy atom. The largest absolute Gasteiger partial charge is 0.497 e. The average Bonchev–Trinajstić information content (AvgIpc) is 2.21. The average molecular weight is 211 g/mol. The molecule has 84 valence electrons. The number of nitrogens with one attached hydrogen (secondary N) is 1. The molecule has 1 aromatic carbocycles. The van der Waals surface area contributed by atoms with Gasteiger partial charge in [-0.05, 0) is 38.9 Å². The number of hydrogen-bond acceptors (Lipinski definition) is 2. The van der Waals surface area contributed by atoms with Crippen LogP contribution in [-0.4, -0.2) is 19.7 Å². The Morgan fingerprint density at radius 3 is 2.53 bits per heavy atom. The van der Waals surface area contributed by atoms with Gasteiger partial charge in [0.1, 0.15) is 11.6 Å². The second-order valence-corrected chi connectivity index (χ2v) is 4.27. The maximum atomic E-state index is 13.6. The van der Waals surface area contributed by atoms with Crippen molar-refractivity contribution in [2.45, 2.75) is 25.8 Å². The summed E-state index contributed by atoms with van der Waals surface area (Å²) in [6, 6.07) is 4.97. The molecule has 0 radical (unpaired) electrons. The van der Waals surface area contributed by atoms with E-state index in [1.54, 1.807) is 12.1 Å². The minimum absolute atomic E-state index is 0.102. The van der Waals surface area contributed by atoms with E-state index in [1.807, 2.05) is 20.9 Å². The first kappa shape index (κ1) is 12.0. The molecular weight excluding hydrogens is 193 g/mol. The van der Waals surface area contributed by atoms with Crippen LogP contribution in [0.1, 0.15) is 19.4 Å². The minimum atomic E-state index is -0.210. The Hall–Kier alpha value is -1.09. The van der Waals surface area contributed by atoms with Crippen LogP contribution in [0.2, 0.25) is 0 Å². The zero-order valence-electron chi connectivity index (χ0n) is 9.73. The lowest BCUT2D eigenvalue weighted by Crippen LogP contribution is -2.38.